The number of nitrogens with zero attached hydrogens (tertiary/aromatic N) is 3. The van der Waals surface area contributed by atoms with Crippen LogP contribution in [-0.2, 0) is 0 Å². The molecule has 0 saturated heterocycles. The lowest BCUT2D eigenvalue weighted by Gasteiger charge is -2.12. The fourth-order valence-corrected chi connectivity index (χ4v) is 2.47. The molecule has 2 heterocycles. The molecule has 84 valence electrons. The van der Waals surface area contributed by atoms with Gasteiger partial charge in [0.25, 0.3) is 0 Å². The maximum atomic E-state index is 9.55. The minimum absolute atomic E-state index is 0.179. The number of nitrogens with two attached hydrogens (primary N) is 1. The summed E-state index contributed by atoms with van der Waals surface area (Å²) in [5.74, 6) is 0.516. The third kappa shape index (κ3) is 1.36. The summed E-state index contributed by atoms with van der Waals surface area (Å²) >= 11 is 0. The smallest absolute Gasteiger partial charge is 0.145 e. The van der Waals surface area contributed by atoms with Gasteiger partial charge in [0, 0.05) is 12.2 Å². The first-order valence-electron chi connectivity index (χ1n) is 5.51. The van der Waals surface area contributed by atoms with E-state index in [-0.39, 0.29) is 6.10 Å². The normalized spacial score (nSPS) is 25.3. The quantitative estimate of drug-likeness (QED) is 0.751. The molecular weight excluding hydrogens is 204 g/mol. The van der Waals surface area contributed by atoms with E-state index in [1.807, 2.05) is 12.3 Å². The average molecular weight is 218 g/mol. The number of anilines is 1. The molecule has 5 nitrogen and oxygen atoms in total. The Hall–Kier alpha value is -1.62. The third-order valence-electron chi connectivity index (χ3n) is 3.31. The molecule has 2 aromatic rings. The van der Waals surface area contributed by atoms with Gasteiger partial charge in [-0.05, 0) is 25.3 Å². The van der Waals surface area contributed by atoms with E-state index in [0.29, 0.717) is 11.9 Å². The summed E-state index contributed by atoms with van der Waals surface area (Å²) in [5, 5.41) is 10.4. The fraction of sp³-hybridized carbons (Fsp3) is 0.455. The van der Waals surface area contributed by atoms with Crippen LogP contribution in [0.25, 0.3) is 11.0 Å². The second-order valence-electron chi connectivity index (χ2n) is 4.34. The monoisotopic (exact) mass is 218 g/mol. The second-order valence-corrected chi connectivity index (χ2v) is 4.34. The molecule has 16 heavy (non-hydrogen) atoms. The van der Waals surface area contributed by atoms with Gasteiger partial charge in [0.15, 0.2) is 0 Å². The highest BCUT2D eigenvalue weighted by Crippen LogP contribution is 2.33. The van der Waals surface area contributed by atoms with Gasteiger partial charge in [-0.1, -0.05) is 0 Å². The van der Waals surface area contributed by atoms with Gasteiger partial charge in [-0.2, -0.15) is 0 Å². The Morgan fingerprint density at radius 1 is 1.38 bits per heavy atom. The Morgan fingerprint density at radius 2 is 2.25 bits per heavy atom. The maximum absolute atomic E-state index is 9.55. The lowest BCUT2D eigenvalue weighted by atomic mass is 10.2. The summed E-state index contributed by atoms with van der Waals surface area (Å²) < 4.78 is 2.10. The van der Waals surface area contributed by atoms with Crippen LogP contribution < -0.4 is 5.73 Å². The van der Waals surface area contributed by atoms with Gasteiger partial charge >= 0.3 is 0 Å². The molecule has 1 aliphatic carbocycles. The number of aromatic nitrogens is 3. The van der Waals surface area contributed by atoms with Gasteiger partial charge in [-0.25, -0.2) is 9.97 Å². The summed E-state index contributed by atoms with van der Waals surface area (Å²) in [4.78, 5) is 8.23. The molecule has 0 amide bonds. The van der Waals surface area contributed by atoms with E-state index in [2.05, 4.69) is 14.5 Å². The van der Waals surface area contributed by atoms with Crippen molar-refractivity contribution >= 4 is 16.9 Å². The summed E-state index contributed by atoms with van der Waals surface area (Å²) in [6, 6.07) is 2.27. The number of fused-ring (bicyclic) bond motifs is 1. The van der Waals surface area contributed by atoms with Gasteiger partial charge in [0.1, 0.15) is 17.8 Å². The first-order chi connectivity index (χ1) is 7.75. The highest BCUT2D eigenvalue weighted by Gasteiger charge is 2.25. The molecule has 1 fully saturated rings. The first-order valence-corrected chi connectivity index (χ1v) is 5.51. The van der Waals surface area contributed by atoms with Crippen molar-refractivity contribution in [2.24, 2.45) is 0 Å². The minimum Gasteiger partial charge on any atom is -0.393 e. The van der Waals surface area contributed by atoms with Gasteiger partial charge in [0.2, 0.25) is 0 Å². The van der Waals surface area contributed by atoms with Crippen LogP contribution in [0.3, 0.4) is 0 Å². The average Bonchev–Trinajstić information content (AvgIpc) is 2.84. The molecule has 2 aromatic heterocycles. The first kappa shape index (κ1) is 9.59. The topological polar surface area (TPSA) is 77.0 Å². The van der Waals surface area contributed by atoms with Crippen LogP contribution in [0.5, 0.6) is 0 Å². The molecule has 1 saturated carbocycles. The van der Waals surface area contributed by atoms with Crippen LogP contribution in [0.2, 0.25) is 0 Å². The molecule has 0 radical (unpaired) electrons. The molecule has 1 aliphatic rings. The Labute approximate surface area is 92.9 Å². The lowest BCUT2D eigenvalue weighted by Crippen LogP contribution is -2.07. The number of rotatable bonds is 1. The summed E-state index contributed by atoms with van der Waals surface area (Å²) in [6.45, 7) is 0. The summed E-state index contributed by atoms with van der Waals surface area (Å²) in [6.07, 6.45) is 5.95. The van der Waals surface area contributed by atoms with E-state index < -0.39 is 0 Å². The van der Waals surface area contributed by atoms with Crippen LogP contribution in [0, 0.1) is 0 Å². The zero-order valence-electron chi connectivity index (χ0n) is 8.87. The van der Waals surface area contributed by atoms with E-state index >= 15 is 0 Å². The molecule has 0 aromatic carbocycles. The van der Waals surface area contributed by atoms with Crippen molar-refractivity contribution < 1.29 is 5.11 Å². The number of aliphatic hydroxyl groups is 1. The molecule has 0 unspecified atom stereocenters. The number of aliphatic hydroxyl groups excluding tert-OH is 1. The fourth-order valence-electron chi connectivity index (χ4n) is 2.47. The van der Waals surface area contributed by atoms with Crippen molar-refractivity contribution in [1.82, 2.24) is 14.5 Å². The van der Waals surface area contributed by atoms with E-state index in [4.69, 9.17) is 5.73 Å². The van der Waals surface area contributed by atoms with Crippen LogP contribution in [-0.4, -0.2) is 25.7 Å². The molecule has 3 rings (SSSR count). The molecule has 2 atom stereocenters. The predicted molar refractivity (Wildman–Crippen MR) is 60.8 cm³/mol. The molecule has 0 aliphatic heterocycles. The predicted octanol–water partition coefficient (Wildman–Crippen LogP) is 1.10. The molecule has 0 bridgehead atoms. The molecule has 0 spiro atoms. The van der Waals surface area contributed by atoms with E-state index in [1.54, 1.807) is 0 Å². The zero-order chi connectivity index (χ0) is 11.1. The van der Waals surface area contributed by atoms with E-state index in [9.17, 15) is 5.11 Å². The van der Waals surface area contributed by atoms with Gasteiger partial charge in [-0.3, -0.25) is 0 Å². The SMILES string of the molecule is Nc1ncnc2c1ccn2[C@H]1CC[C@H](O)C1. The van der Waals surface area contributed by atoms with Crippen LogP contribution in [0.4, 0.5) is 5.82 Å². The van der Waals surface area contributed by atoms with Gasteiger partial charge in [-0.15, -0.1) is 0 Å². The van der Waals surface area contributed by atoms with Gasteiger partial charge < -0.3 is 15.4 Å². The van der Waals surface area contributed by atoms with Crippen LogP contribution in [0.15, 0.2) is 18.6 Å². The van der Waals surface area contributed by atoms with Crippen molar-refractivity contribution in [1.29, 1.82) is 0 Å². The Kier molecular flexibility index (Phi) is 2.07. The Balaban J connectivity index is 2.08. The largest absolute Gasteiger partial charge is 0.393 e. The Morgan fingerprint density at radius 3 is 3.00 bits per heavy atom. The molecular formula is C11H14N4O. The highest BCUT2D eigenvalue weighted by atomic mass is 16.3. The van der Waals surface area contributed by atoms with Crippen LogP contribution >= 0.6 is 0 Å². The number of nitrogen functional groups attached to an aromatic ring is 1. The van der Waals surface area contributed by atoms with Crippen molar-refractivity contribution in [2.45, 2.75) is 31.4 Å². The summed E-state index contributed by atoms with van der Waals surface area (Å²) in [5.41, 5.74) is 6.65. The van der Waals surface area contributed by atoms with Crippen molar-refractivity contribution in [3.8, 4) is 0 Å². The Bertz CT molecular complexity index is 522. The molecule has 5 heteroatoms. The molecule has 3 N–H and O–H groups in total. The lowest BCUT2D eigenvalue weighted by molar-refractivity contribution is 0.178. The third-order valence-corrected chi connectivity index (χ3v) is 3.31. The summed E-state index contributed by atoms with van der Waals surface area (Å²) in [7, 11) is 0. The highest BCUT2D eigenvalue weighted by molar-refractivity contribution is 5.86. The van der Waals surface area contributed by atoms with Crippen LogP contribution in [0.1, 0.15) is 25.3 Å². The van der Waals surface area contributed by atoms with Crippen molar-refractivity contribution in [3.63, 3.8) is 0 Å². The second kappa shape index (κ2) is 3.45. The standard InChI is InChI=1S/C11H14N4O/c12-10-9-3-4-15(11(9)14-6-13-10)7-1-2-8(16)5-7/h3-4,6-8,16H,1-2,5H2,(H2,12,13,14)/t7-,8-/m0/s1. The van der Waals surface area contributed by atoms with Gasteiger partial charge in [0.05, 0.1) is 11.5 Å². The zero-order valence-corrected chi connectivity index (χ0v) is 8.87. The van der Waals surface area contributed by atoms with E-state index in [0.717, 1.165) is 30.3 Å². The maximum Gasteiger partial charge on any atom is 0.145 e. The minimum atomic E-state index is -0.179. The number of hydrogen-bond donors (Lipinski definition) is 2. The number of hydrogen-bond acceptors (Lipinski definition) is 4. The van der Waals surface area contributed by atoms with Crippen molar-refractivity contribution in [2.75, 3.05) is 5.73 Å². The van der Waals surface area contributed by atoms with E-state index in [1.165, 1.54) is 6.33 Å². The van der Waals surface area contributed by atoms with Crippen molar-refractivity contribution in [3.05, 3.63) is 18.6 Å².